The van der Waals surface area contributed by atoms with Crippen molar-refractivity contribution in [2.75, 3.05) is 18.9 Å². The summed E-state index contributed by atoms with van der Waals surface area (Å²) in [7, 11) is 0. The fraction of sp³-hybridized carbons (Fsp3) is 0.500. The van der Waals surface area contributed by atoms with Gasteiger partial charge in [0.15, 0.2) is 17.0 Å². The van der Waals surface area contributed by atoms with Gasteiger partial charge in [0.2, 0.25) is 5.72 Å². The number of halogens is 1. The normalized spacial score (nSPS) is 30.2. The maximum absolute atomic E-state index is 13.3. The number of nitrogens with two attached hydrogens (primary N) is 1. The fourth-order valence-corrected chi connectivity index (χ4v) is 2.33. The SMILES string of the molecule is Nc1nc(F)nc2c1ncn2[C@@]1(O)[C@H](O)CO[C@@H]1CO. The van der Waals surface area contributed by atoms with Crippen LogP contribution in [0.4, 0.5) is 10.2 Å². The Morgan fingerprint density at radius 2 is 2.30 bits per heavy atom. The van der Waals surface area contributed by atoms with E-state index in [-0.39, 0.29) is 23.6 Å². The largest absolute Gasteiger partial charge is 0.393 e. The van der Waals surface area contributed by atoms with Gasteiger partial charge < -0.3 is 25.8 Å². The lowest BCUT2D eigenvalue weighted by Gasteiger charge is -2.31. The quantitative estimate of drug-likeness (QED) is 0.462. The lowest BCUT2D eigenvalue weighted by molar-refractivity contribution is -0.148. The molecule has 0 aliphatic carbocycles. The fourth-order valence-electron chi connectivity index (χ4n) is 2.33. The van der Waals surface area contributed by atoms with Gasteiger partial charge in [-0.2, -0.15) is 14.4 Å². The van der Waals surface area contributed by atoms with Crippen LogP contribution in [-0.2, 0) is 10.5 Å². The Hall–Kier alpha value is -1.88. The average Bonchev–Trinajstić information content (AvgIpc) is 2.93. The van der Waals surface area contributed by atoms with E-state index in [1.165, 1.54) is 0 Å². The van der Waals surface area contributed by atoms with Crippen LogP contribution >= 0.6 is 0 Å². The highest BCUT2D eigenvalue weighted by Crippen LogP contribution is 2.34. The monoisotopic (exact) mass is 285 g/mol. The third kappa shape index (κ3) is 1.59. The first-order chi connectivity index (χ1) is 9.48. The molecule has 1 saturated heterocycles. The predicted octanol–water partition coefficient (Wildman–Crippen LogP) is -2.06. The van der Waals surface area contributed by atoms with Crippen molar-refractivity contribution in [1.82, 2.24) is 19.5 Å². The molecule has 3 heterocycles. The molecule has 0 radical (unpaired) electrons. The molecule has 9 nitrogen and oxygen atoms in total. The molecule has 0 saturated carbocycles. The van der Waals surface area contributed by atoms with Crippen molar-refractivity contribution in [2.24, 2.45) is 0 Å². The molecule has 0 unspecified atom stereocenters. The van der Waals surface area contributed by atoms with Gasteiger partial charge >= 0.3 is 6.08 Å². The van der Waals surface area contributed by atoms with Gasteiger partial charge in [-0.25, -0.2) is 4.98 Å². The zero-order valence-corrected chi connectivity index (χ0v) is 10.1. The van der Waals surface area contributed by atoms with Gasteiger partial charge in [0.1, 0.15) is 12.2 Å². The highest BCUT2D eigenvalue weighted by atomic mass is 19.1. The summed E-state index contributed by atoms with van der Waals surface area (Å²) in [5.74, 6) is -0.191. The van der Waals surface area contributed by atoms with E-state index in [0.29, 0.717) is 0 Å². The lowest BCUT2D eigenvalue weighted by atomic mass is 10.0. The molecule has 1 aliphatic rings. The van der Waals surface area contributed by atoms with Gasteiger partial charge in [0.25, 0.3) is 0 Å². The van der Waals surface area contributed by atoms with E-state index in [0.717, 1.165) is 10.9 Å². The van der Waals surface area contributed by atoms with Crippen LogP contribution in [0.3, 0.4) is 0 Å². The lowest BCUT2D eigenvalue weighted by Crippen LogP contribution is -2.50. The molecular formula is C10H12FN5O4. The Morgan fingerprint density at radius 3 is 3.00 bits per heavy atom. The molecule has 10 heteroatoms. The van der Waals surface area contributed by atoms with Crippen molar-refractivity contribution in [3.63, 3.8) is 0 Å². The van der Waals surface area contributed by atoms with E-state index in [9.17, 15) is 19.7 Å². The van der Waals surface area contributed by atoms with Crippen LogP contribution in [-0.4, -0.2) is 60.3 Å². The van der Waals surface area contributed by atoms with Crippen molar-refractivity contribution < 1.29 is 24.4 Å². The third-order valence-corrected chi connectivity index (χ3v) is 3.37. The molecule has 20 heavy (non-hydrogen) atoms. The van der Waals surface area contributed by atoms with Crippen molar-refractivity contribution in [3.05, 3.63) is 12.4 Å². The number of hydrogen-bond acceptors (Lipinski definition) is 8. The molecule has 2 aromatic heterocycles. The number of imidazole rings is 1. The van der Waals surface area contributed by atoms with Crippen LogP contribution < -0.4 is 5.73 Å². The number of nitrogen functional groups attached to an aromatic ring is 1. The van der Waals surface area contributed by atoms with Crippen LogP contribution in [0.1, 0.15) is 0 Å². The van der Waals surface area contributed by atoms with Crippen molar-refractivity contribution in [3.8, 4) is 0 Å². The Balaban J connectivity index is 2.23. The van der Waals surface area contributed by atoms with Crippen molar-refractivity contribution in [1.29, 1.82) is 0 Å². The summed E-state index contributed by atoms with van der Waals surface area (Å²) < 4.78 is 19.4. The summed E-state index contributed by atoms with van der Waals surface area (Å²) in [6, 6.07) is 0. The first-order valence-corrected chi connectivity index (χ1v) is 5.78. The highest BCUT2D eigenvalue weighted by molar-refractivity contribution is 5.81. The number of anilines is 1. The molecule has 108 valence electrons. The molecule has 0 bridgehead atoms. The molecule has 1 fully saturated rings. The number of rotatable bonds is 2. The molecule has 2 aromatic rings. The maximum atomic E-state index is 13.3. The molecule has 0 amide bonds. The van der Waals surface area contributed by atoms with Crippen molar-refractivity contribution in [2.45, 2.75) is 17.9 Å². The van der Waals surface area contributed by atoms with Crippen LogP contribution in [0.5, 0.6) is 0 Å². The number of ether oxygens (including phenoxy) is 1. The highest BCUT2D eigenvalue weighted by Gasteiger charge is 2.52. The minimum Gasteiger partial charge on any atom is -0.393 e. The Labute approximate surface area is 111 Å². The summed E-state index contributed by atoms with van der Waals surface area (Å²) in [5.41, 5.74) is 3.49. The molecular weight excluding hydrogens is 273 g/mol. The molecule has 3 rings (SSSR count). The summed E-state index contributed by atoms with van der Waals surface area (Å²) >= 11 is 0. The standard InChI is InChI=1S/C10H12FN5O4/c11-9-14-7(12)6-8(15-9)16(3-13-6)10(19)4(18)2-20-5(10)1-17/h3-5,17-19H,1-2H2,(H2,12,14,15)/t4-,5-,10-/m1/s1. The van der Waals surface area contributed by atoms with Gasteiger partial charge in [0, 0.05) is 0 Å². The van der Waals surface area contributed by atoms with E-state index < -0.39 is 30.6 Å². The summed E-state index contributed by atoms with van der Waals surface area (Å²) in [6.45, 7) is -0.735. The summed E-state index contributed by atoms with van der Waals surface area (Å²) in [4.78, 5) is 10.7. The summed E-state index contributed by atoms with van der Waals surface area (Å²) in [5, 5.41) is 29.8. The maximum Gasteiger partial charge on any atom is 0.312 e. The van der Waals surface area contributed by atoms with Crippen LogP contribution in [0, 0.1) is 6.08 Å². The van der Waals surface area contributed by atoms with E-state index in [4.69, 9.17) is 10.5 Å². The molecule has 1 aliphatic heterocycles. The van der Waals surface area contributed by atoms with Crippen LogP contribution in [0.25, 0.3) is 11.2 Å². The van der Waals surface area contributed by atoms with Crippen LogP contribution in [0.2, 0.25) is 0 Å². The Morgan fingerprint density at radius 1 is 1.55 bits per heavy atom. The number of nitrogens with zero attached hydrogens (tertiary/aromatic N) is 4. The van der Waals surface area contributed by atoms with E-state index in [2.05, 4.69) is 15.0 Å². The Kier molecular flexibility index (Phi) is 2.83. The van der Waals surface area contributed by atoms with E-state index in [1.807, 2.05) is 0 Å². The first kappa shape index (κ1) is 13.1. The van der Waals surface area contributed by atoms with Gasteiger partial charge in [-0.3, -0.25) is 4.57 Å². The zero-order chi connectivity index (χ0) is 14.5. The second kappa shape index (κ2) is 4.31. The second-order valence-corrected chi connectivity index (χ2v) is 4.47. The molecule has 3 atom stereocenters. The molecule has 5 N–H and O–H groups in total. The molecule has 0 spiro atoms. The van der Waals surface area contributed by atoms with E-state index in [1.54, 1.807) is 0 Å². The van der Waals surface area contributed by atoms with E-state index >= 15 is 0 Å². The number of hydrogen-bond donors (Lipinski definition) is 4. The number of aliphatic hydroxyl groups is 3. The number of aliphatic hydroxyl groups excluding tert-OH is 2. The number of fused-ring (bicyclic) bond motifs is 1. The van der Waals surface area contributed by atoms with Gasteiger partial charge in [-0.15, -0.1) is 0 Å². The third-order valence-electron chi connectivity index (χ3n) is 3.37. The van der Waals surface area contributed by atoms with Crippen molar-refractivity contribution >= 4 is 17.0 Å². The first-order valence-electron chi connectivity index (χ1n) is 5.78. The molecule has 0 aromatic carbocycles. The topological polar surface area (TPSA) is 140 Å². The smallest absolute Gasteiger partial charge is 0.312 e. The Bertz CT molecular complexity index is 664. The zero-order valence-electron chi connectivity index (χ0n) is 10.1. The summed E-state index contributed by atoms with van der Waals surface area (Å²) in [6.07, 6.45) is -2.39. The van der Waals surface area contributed by atoms with Gasteiger partial charge in [0.05, 0.1) is 19.5 Å². The van der Waals surface area contributed by atoms with Crippen LogP contribution in [0.15, 0.2) is 6.33 Å². The minimum absolute atomic E-state index is 0.0793. The average molecular weight is 285 g/mol. The van der Waals surface area contributed by atoms with Gasteiger partial charge in [-0.1, -0.05) is 0 Å². The predicted molar refractivity (Wildman–Crippen MR) is 62.7 cm³/mol. The minimum atomic E-state index is -2.02. The second-order valence-electron chi connectivity index (χ2n) is 4.47. The van der Waals surface area contributed by atoms with Gasteiger partial charge in [-0.05, 0) is 0 Å². The number of aromatic nitrogens is 4.